The van der Waals surface area contributed by atoms with Gasteiger partial charge in [-0.2, -0.15) is 0 Å². The van der Waals surface area contributed by atoms with Crippen molar-refractivity contribution in [3.63, 3.8) is 0 Å². The van der Waals surface area contributed by atoms with Gasteiger partial charge in [-0.1, -0.05) is 18.2 Å². The first kappa shape index (κ1) is 12.7. The van der Waals surface area contributed by atoms with Crippen LogP contribution in [-0.4, -0.2) is 21.7 Å². The number of aryl methyl sites for hydroxylation is 2. The van der Waals surface area contributed by atoms with E-state index in [9.17, 15) is 0 Å². The van der Waals surface area contributed by atoms with Crippen molar-refractivity contribution in [1.29, 1.82) is 0 Å². The summed E-state index contributed by atoms with van der Waals surface area (Å²) in [7, 11) is 0. The van der Waals surface area contributed by atoms with Gasteiger partial charge in [0, 0.05) is 23.1 Å². The van der Waals surface area contributed by atoms with Gasteiger partial charge >= 0.3 is 0 Å². The summed E-state index contributed by atoms with van der Waals surface area (Å²) in [5.74, 6) is 1.17. The summed E-state index contributed by atoms with van der Waals surface area (Å²) in [6.45, 7) is 2.58. The maximum atomic E-state index is 5.73. The number of aromatic nitrogens is 3. The van der Waals surface area contributed by atoms with Gasteiger partial charge in [0.25, 0.3) is 0 Å². The van der Waals surface area contributed by atoms with Crippen LogP contribution in [0.25, 0.3) is 22.4 Å². The molecule has 1 aromatic carbocycles. The molecule has 2 heterocycles. The van der Waals surface area contributed by atoms with Crippen LogP contribution in [0.1, 0.15) is 18.0 Å². The number of nitrogens with zero attached hydrogens (tertiary/aromatic N) is 3. The third-order valence-electron chi connectivity index (χ3n) is 3.14. The van der Waals surface area contributed by atoms with Crippen LogP contribution in [0.4, 0.5) is 0 Å². The normalized spacial score (nSPS) is 11.1. The van der Waals surface area contributed by atoms with Crippen LogP contribution in [0.15, 0.2) is 34.7 Å². The number of pyridine rings is 1. The number of fused-ring (bicyclic) bond motifs is 1. The SMILES string of the molecule is Cc1cc(-c2nnc(CCCN)o2)c2ccccc2n1. The Morgan fingerprint density at radius 1 is 1.20 bits per heavy atom. The van der Waals surface area contributed by atoms with E-state index in [2.05, 4.69) is 15.2 Å². The zero-order valence-corrected chi connectivity index (χ0v) is 11.3. The van der Waals surface area contributed by atoms with E-state index in [0.29, 0.717) is 24.7 Å². The minimum absolute atomic E-state index is 0.540. The average molecular weight is 268 g/mol. The summed E-state index contributed by atoms with van der Waals surface area (Å²) >= 11 is 0. The first-order valence-electron chi connectivity index (χ1n) is 6.67. The van der Waals surface area contributed by atoms with Crippen molar-refractivity contribution >= 4 is 10.9 Å². The van der Waals surface area contributed by atoms with E-state index in [-0.39, 0.29) is 0 Å². The Bertz CT molecular complexity index is 736. The third kappa shape index (κ3) is 2.40. The molecule has 0 amide bonds. The Hall–Kier alpha value is -2.27. The summed E-state index contributed by atoms with van der Waals surface area (Å²) in [6.07, 6.45) is 1.56. The highest BCUT2D eigenvalue weighted by Crippen LogP contribution is 2.27. The average Bonchev–Trinajstić information content (AvgIpc) is 2.93. The van der Waals surface area contributed by atoms with Gasteiger partial charge in [0.05, 0.1) is 5.52 Å². The Kier molecular flexibility index (Phi) is 3.43. The number of hydrogen-bond donors (Lipinski definition) is 1. The van der Waals surface area contributed by atoms with E-state index in [1.807, 2.05) is 37.3 Å². The molecular formula is C15H16N4O. The second kappa shape index (κ2) is 5.38. The summed E-state index contributed by atoms with van der Waals surface area (Å²) in [5.41, 5.74) is 8.29. The quantitative estimate of drug-likeness (QED) is 0.786. The topological polar surface area (TPSA) is 77.8 Å². The molecule has 3 aromatic rings. The second-order valence-corrected chi connectivity index (χ2v) is 4.72. The monoisotopic (exact) mass is 268 g/mol. The molecule has 0 radical (unpaired) electrons. The highest BCUT2D eigenvalue weighted by atomic mass is 16.4. The number of hydrogen-bond acceptors (Lipinski definition) is 5. The summed E-state index contributed by atoms with van der Waals surface area (Å²) < 4.78 is 5.73. The van der Waals surface area contributed by atoms with Crippen LogP contribution in [0.5, 0.6) is 0 Å². The van der Waals surface area contributed by atoms with Crippen LogP contribution < -0.4 is 5.73 Å². The molecule has 0 fully saturated rings. The highest BCUT2D eigenvalue weighted by Gasteiger charge is 2.12. The van der Waals surface area contributed by atoms with Crippen molar-refractivity contribution in [3.8, 4) is 11.5 Å². The first-order chi connectivity index (χ1) is 9.78. The molecule has 0 bridgehead atoms. The Balaban J connectivity index is 2.07. The largest absolute Gasteiger partial charge is 0.421 e. The minimum Gasteiger partial charge on any atom is -0.421 e. The third-order valence-corrected chi connectivity index (χ3v) is 3.14. The van der Waals surface area contributed by atoms with Gasteiger partial charge in [0.2, 0.25) is 11.8 Å². The van der Waals surface area contributed by atoms with E-state index < -0.39 is 0 Å². The van der Waals surface area contributed by atoms with Gasteiger partial charge in [-0.05, 0) is 32.0 Å². The second-order valence-electron chi connectivity index (χ2n) is 4.72. The van der Waals surface area contributed by atoms with E-state index in [4.69, 9.17) is 10.2 Å². The van der Waals surface area contributed by atoms with E-state index in [1.54, 1.807) is 0 Å². The lowest BCUT2D eigenvalue weighted by Gasteiger charge is -2.03. The van der Waals surface area contributed by atoms with Crippen molar-refractivity contribution in [2.75, 3.05) is 6.54 Å². The molecule has 0 unspecified atom stereocenters. The molecule has 0 aliphatic heterocycles. The smallest absolute Gasteiger partial charge is 0.248 e. The fourth-order valence-electron chi connectivity index (χ4n) is 2.20. The molecule has 0 saturated heterocycles. The van der Waals surface area contributed by atoms with Crippen LogP contribution in [0, 0.1) is 6.92 Å². The zero-order chi connectivity index (χ0) is 13.9. The van der Waals surface area contributed by atoms with Gasteiger partial charge in [0.1, 0.15) is 0 Å². The van der Waals surface area contributed by atoms with E-state index >= 15 is 0 Å². The molecular weight excluding hydrogens is 252 g/mol. The van der Waals surface area contributed by atoms with Crippen molar-refractivity contribution < 1.29 is 4.42 Å². The van der Waals surface area contributed by atoms with Gasteiger partial charge in [-0.25, -0.2) is 0 Å². The van der Waals surface area contributed by atoms with Crippen LogP contribution in [0.2, 0.25) is 0 Å². The van der Waals surface area contributed by atoms with Gasteiger partial charge in [-0.3, -0.25) is 4.98 Å². The van der Waals surface area contributed by atoms with Crippen molar-refractivity contribution in [1.82, 2.24) is 15.2 Å². The molecule has 0 atom stereocenters. The number of benzene rings is 1. The standard InChI is InChI=1S/C15H16N4O/c1-10-9-12(11-5-2-3-6-13(11)17-10)15-19-18-14(20-15)7-4-8-16/h2-3,5-6,9H,4,7-8,16H2,1H3. The van der Waals surface area contributed by atoms with Crippen molar-refractivity contribution in [3.05, 3.63) is 41.9 Å². The molecule has 0 saturated carbocycles. The molecule has 0 aliphatic carbocycles. The van der Waals surface area contributed by atoms with Crippen LogP contribution >= 0.6 is 0 Å². The summed E-state index contributed by atoms with van der Waals surface area (Å²) in [4.78, 5) is 4.51. The first-order valence-corrected chi connectivity index (χ1v) is 6.67. The summed E-state index contributed by atoms with van der Waals surface area (Å²) in [6, 6.07) is 9.93. The lowest BCUT2D eigenvalue weighted by Crippen LogP contribution is -2.00. The maximum absolute atomic E-state index is 5.73. The lowest BCUT2D eigenvalue weighted by molar-refractivity contribution is 0.499. The number of rotatable bonds is 4. The molecule has 5 nitrogen and oxygen atoms in total. The Morgan fingerprint density at radius 2 is 2.05 bits per heavy atom. The molecule has 3 rings (SSSR count). The fraction of sp³-hybridized carbons (Fsp3) is 0.267. The lowest BCUT2D eigenvalue weighted by atomic mass is 10.1. The zero-order valence-electron chi connectivity index (χ0n) is 11.3. The predicted octanol–water partition coefficient (Wildman–Crippen LogP) is 2.48. The van der Waals surface area contributed by atoms with Gasteiger partial charge < -0.3 is 10.2 Å². The van der Waals surface area contributed by atoms with Gasteiger partial charge in [0.15, 0.2) is 0 Å². The Morgan fingerprint density at radius 3 is 2.90 bits per heavy atom. The van der Waals surface area contributed by atoms with E-state index in [1.165, 1.54) is 0 Å². The number of para-hydroxylation sites is 1. The fourth-order valence-corrected chi connectivity index (χ4v) is 2.20. The molecule has 5 heteroatoms. The number of nitrogens with two attached hydrogens (primary N) is 1. The van der Waals surface area contributed by atoms with Crippen LogP contribution in [-0.2, 0) is 6.42 Å². The van der Waals surface area contributed by atoms with E-state index in [0.717, 1.165) is 28.6 Å². The minimum atomic E-state index is 0.540. The molecule has 0 spiro atoms. The predicted molar refractivity (Wildman–Crippen MR) is 77.1 cm³/mol. The molecule has 102 valence electrons. The van der Waals surface area contributed by atoms with Crippen LogP contribution in [0.3, 0.4) is 0 Å². The van der Waals surface area contributed by atoms with Gasteiger partial charge in [-0.15, -0.1) is 10.2 Å². The molecule has 20 heavy (non-hydrogen) atoms. The summed E-state index contributed by atoms with van der Waals surface area (Å²) in [5, 5.41) is 9.24. The molecule has 2 aromatic heterocycles. The molecule has 0 aliphatic rings. The highest BCUT2D eigenvalue weighted by molar-refractivity contribution is 5.92. The Labute approximate surface area is 116 Å². The van der Waals surface area contributed by atoms with Crippen molar-refractivity contribution in [2.45, 2.75) is 19.8 Å². The molecule has 2 N–H and O–H groups in total. The maximum Gasteiger partial charge on any atom is 0.248 e. The van der Waals surface area contributed by atoms with Crippen molar-refractivity contribution in [2.24, 2.45) is 5.73 Å².